The number of aryl methyl sites for hydroxylation is 1. The first-order valence-corrected chi connectivity index (χ1v) is 16.8. The molecule has 0 saturated carbocycles. The van der Waals surface area contributed by atoms with Gasteiger partial charge in [-0.1, -0.05) is 18.2 Å². The fraction of sp³-hybridized carbons (Fsp3) is 0.278. The minimum atomic E-state index is -1.19. The van der Waals surface area contributed by atoms with E-state index in [4.69, 9.17) is 4.74 Å². The minimum Gasteiger partial charge on any atom is -0.465 e. The van der Waals surface area contributed by atoms with Crippen LogP contribution < -0.4 is 20.3 Å². The third kappa shape index (κ3) is 6.55. The molecule has 1 fully saturated rings. The number of anilines is 3. The van der Waals surface area contributed by atoms with Gasteiger partial charge in [-0.2, -0.15) is 5.26 Å². The van der Waals surface area contributed by atoms with Crippen molar-refractivity contribution in [3.05, 3.63) is 82.9 Å². The van der Waals surface area contributed by atoms with Gasteiger partial charge in [0, 0.05) is 32.4 Å². The van der Waals surface area contributed by atoms with E-state index in [1.807, 2.05) is 55.5 Å². The Labute approximate surface area is 292 Å². The fourth-order valence-electron chi connectivity index (χ4n) is 6.09. The van der Waals surface area contributed by atoms with Crippen molar-refractivity contribution in [3.8, 4) is 17.6 Å². The van der Waals surface area contributed by atoms with Crippen LogP contribution in [0.5, 0.6) is 11.5 Å². The molecule has 50 heavy (non-hydrogen) atoms. The molecule has 0 aliphatic carbocycles. The van der Waals surface area contributed by atoms with Gasteiger partial charge in [-0.25, -0.2) is 14.6 Å². The van der Waals surface area contributed by atoms with E-state index in [0.29, 0.717) is 58.2 Å². The summed E-state index contributed by atoms with van der Waals surface area (Å²) < 4.78 is 5.98. The summed E-state index contributed by atoms with van der Waals surface area (Å²) >= 11 is 1.16. The number of carbonyl (C=O) groups excluding carboxylic acids is 3. The van der Waals surface area contributed by atoms with Gasteiger partial charge in [0.05, 0.1) is 28.0 Å². The molecule has 3 N–H and O–H groups in total. The van der Waals surface area contributed by atoms with E-state index < -0.39 is 35.5 Å². The second-order valence-corrected chi connectivity index (χ2v) is 13.7. The number of thiophene rings is 1. The van der Waals surface area contributed by atoms with Crippen molar-refractivity contribution in [1.29, 1.82) is 5.26 Å². The number of amides is 5. The predicted molar refractivity (Wildman–Crippen MR) is 189 cm³/mol. The number of likely N-dealkylation sites (tertiary alicyclic amines) is 1. The maximum atomic E-state index is 13.8. The summed E-state index contributed by atoms with van der Waals surface area (Å²) in [4.78, 5) is 61.8. The Bertz CT molecular complexity index is 2090. The molecule has 1 unspecified atom stereocenters. The third-order valence-corrected chi connectivity index (χ3v) is 9.98. The summed E-state index contributed by atoms with van der Waals surface area (Å²) in [7, 11) is 1.37. The zero-order valence-electron chi connectivity index (χ0n) is 27.9. The molecule has 13 nitrogen and oxygen atoms in total. The highest BCUT2D eigenvalue weighted by Gasteiger charge is 2.35. The third-order valence-electron chi connectivity index (χ3n) is 8.88. The van der Waals surface area contributed by atoms with Crippen LogP contribution in [0.15, 0.2) is 72.4 Å². The average molecular weight is 694 g/mol. The molecule has 2 aliphatic rings. The van der Waals surface area contributed by atoms with Gasteiger partial charge in [-0.05, 0) is 81.7 Å². The van der Waals surface area contributed by atoms with E-state index in [2.05, 4.69) is 15.6 Å². The monoisotopic (exact) mass is 693 g/mol. The summed E-state index contributed by atoms with van der Waals surface area (Å²) in [5, 5.41) is 25.7. The van der Waals surface area contributed by atoms with Crippen LogP contribution >= 0.6 is 11.3 Å². The van der Waals surface area contributed by atoms with Crippen LogP contribution in [0.4, 0.5) is 26.7 Å². The summed E-state index contributed by atoms with van der Waals surface area (Å²) in [5.41, 5.74) is 1.13. The number of piperidine rings is 1. The molecular formula is C36H35N7O6S. The number of nitrogens with zero attached hydrogens (tertiary/aromatic N) is 5. The SMILES string of the molecule is Cc1cc(Oc2ccccc2)ccc1N1C(=O)Nc2c(C(=O)NC3CCCN(C(=O)C(C#N)=CC(C)(C)N(C)C(=O)O)C3)sc3nccc1c23. The number of aromatic nitrogens is 1. The second kappa shape index (κ2) is 13.5. The van der Waals surface area contributed by atoms with Crippen molar-refractivity contribution < 1.29 is 29.0 Å². The normalized spacial score (nSPS) is 16.0. The molecule has 2 aromatic heterocycles. The zero-order valence-corrected chi connectivity index (χ0v) is 28.7. The van der Waals surface area contributed by atoms with E-state index in [0.717, 1.165) is 21.8 Å². The number of nitriles is 1. The number of likely N-dealkylation sites (N-methyl/N-ethyl adjacent to an activating group) is 1. The second-order valence-electron chi connectivity index (χ2n) is 12.7. The highest BCUT2D eigenvalue weighted by atomic mass is 32.1. The molecule has 6 rings (SSSR count). The molecule has 2 aliphatic heterocycles. The number of hydrogen-bond donors (Lipinski definition) is 3. The first-order valence-electron chi connectivity index (χ1n) is 15.9. The molecule has 4 heterocycles. The van der Waals surface area contributed by atoms with Crippen molar-refractivity contribution in [3.63, 3.8) is 0 Å². The molecule has 4 aromatic rings. The number of para-hydroxylation sites is 1. The smallest absolute Gasteiger partial charge is 0.407 e. The lowest BCUT2D eigenvalue weighted by Gasteiger charge is -2.34. The summed E-state index contributed by atoms with van der Waals surface area (Å²) in [6, 6.07) is 17.7. The maximum absolute atomic E-state index is 13.8. The van der Waals surface area contributed by atoms with Gasteiger partial charge in [0.2, 0.25) is 0 Å². The predicted octanol–water partition coefficient (Wildman–Crippen LogP) is 6.64. The van der Waals surface area contributed by atoms with Gasteiger partial charge in [0.15, 0.2) is 0 Å². The topological polar surface area (TPSA) is 168 Å². The number of nitrogens with one attached hydrogen (secondary N) is 2. The molecule has 0 bridgehead atoms. The average Bonchev–Trinajstić information content (AvgIpc) is 3.47. The van der Waals surface area contributed by atoms with E-state index in [1.54, 1.807) is 37.1 Å². The number of rotatable bonds is 8. The molecule has 1 saturated heterocycles. The first-order chi connectivity index (χ1) is 23.9. The highest BCUT2D eigenvalue weighted by Crippen LogP contribution is 2.46. The van der Waals surface area contributed by atoms with Crippen molar-refractivity contribution in [2.75, 3.05) is 30.4 Å². The lowest BCUT2D eigenvalue weighted by Crippen LogP contribution is -2.50. The molecule has 2 aromatic carbocycles. The summed E-state index contributed by atoms with van der Waals surface area (Å²) in [5.74, 6) is 0.371. The van der Waals surface area contributed by atoms with Crippen LogP contribution in [-0.2, 0) is 4.79 Å². The number of carbonyl (C=O) groups is 4. The lowest BCUT2D eigenvalue weighted by atomic mass is 9.98. The highest BCUT2D eigenvalue weighted by molar-refractivity contribution is 7.21. The summed E-state index contributed by atoms with van der Waals surface area (Å²) in [6.07, 6.45) is 2.94. The van der Waals surface area contributed by atoms with Crippen LogP contribution in [0.2, 0.25) is 0 Å². The minimum absolute atomic E-state index is 0.159. The van der Waals surface area contributed by atoms with Gasteiger partial charge in [-0.15, -0.1) is 11.3 Å². The van der Waals surface area contributed by atoms with Crippen molar-refractivity contribution >= 4 is 62.6 Å². The molecule has 5 amide bonds. The molecule has 1 atom stereocenters. The fourth-order valence-corrected chi connectivity index (χ4v) is 7.11. The Morgan fingerprint density at radius 2 is 1.92 bits per heavy atom. The van der Waals surface area contributed by atoms with Crippen LogP contribution in [0.3, 0.4) is 0 Å². The first kappa shape index (κ1) is 33.9. The van der Waals surface area contributed by atoms with E-state index in [1.165, 1.54) is 18.0 Å². The Balaban J connectivity index is 1.21. The molecule has 0 spiro atoms. The zero-order chi connectivity index (χ0) is 35.7. The number of urea groups is 1. The van der Waals surface area contributed by atoms with E-state index >= 15 is 0 Å². The van der Waals surface area contributed by atoms with E-state index in [9.17, 15) is 29.5 Å². The van der Waals surface area contributed by atoms with Crippen molar-refractivity contribution in [2.45, 2.75) is 45.2 Å². The number of ether oxygens (including phenoxy) is 1. The van der Waals surface area contributed by atoms with Crippen LogP contribution in [-0.4, -0.2) is 75.5 Å². The van der Waals surface area contributed by atoms with Gasteiger partial charge in [0.1, 0.15) is 32.8 Å². The number of benzene rings is 2. The van der Waals surface area contributed by atoms with Gasteiger partial charge >= 0.3 is 12.1 Å². The molecule has 0 radical (unpaired) electrons. The number of hydrogen-bond acceptors (Lipinski definition) is 8. The van der Waals surface area contributed by atoms with Gasteiger partial charge in [0.25, 0.3) is 11.8 Å². The molecular weight excluding hydrogens is 659 g/mol. The van der Waals surface area contributed by atoms with Gasteiger partial charge < -0.3 is 30.3 Å². The maximum Gasteiger partial charge on any atom is 0.407 e. The standard InChI is InChI=1S/C36H35N7O6S/c1-21-17-25(49-24-10-6-5-7-11-24)12-13-26(21)43-27-14-15-38-32-28(27)29(40-34(43)46)30(50-32)31(44)39-23-9-8-16-42(20-23)33(45)22(19-37)18-36(2,3)41(4)35(47)48/h5-7,10-15,17-18,23H,8-9,16,20H2,1-4H3,(H,39,44)(H,40,46)(H,47,48). The van der Waals surface area contributed by atoms with E-state index in [-0.39, 0.29) is 17.0 Å². The van der Waals surface area contributed by atoms with Crippen LogP contribution in [0.1, 0.15) is 41.9 Å². The molecule has 256 valence electrons. The quantitative estimate of drug-likeness (QED) is 0.136. The lowest BCUT2D eigenvalue weighted by molar-refractivity contribution is -0.128. The van der Waals surface area contributed by atoms with Crippen LogP contribution in [0, 0.1) is 18.3 Å². The Kier molecular flexibility index (Phi) is 9.18. The number of carboxylic acid groups (broad SMARTS) is 1. The van der Waals surface area contributed by atoms with Crippen molar-refractivity contribution in [2.24, 2.45) is 0 Å². The van der Waals surface area contributed by atoms with Crippen LogP contribution in [0.25, 0.3) is 10.2 Å². The molecule has 14 heteroatoms. The Hall–Kier alpha value is -5.94. The van der Waals surface area contributed by atoms with Crippen molar-refractivity contribution in [1.82, 2.24) is 20.1 Å². The van der Waals surface area contributed by atoms with Gasteiger partial charge in [-0.3, -0.25) is 14.5 Å². The Morgan fingerprint density at radius 3 is 2.62 bits per heavy atom. The summed E-state index contributed by atoms with van der Waals surface area (Å²) in [6.45, 7) is 5.63. The largest absolute Gasteiger partial charge is 0.465 e. The Morgan fingerprint density at radius 1 is 1.16 bits per heavy atom. The number of pyridine rings is 1.